The summed E-state index contributed by atoms with van der Waals surface area (Å²) in [6.45, 7) is 16.6. The average molecular weight is 367 g/mol. The Balaban J connectivity index is 2.21. The maximum atomic E-state index is 13.5. The van der Waals surface area contributed by atoms with E-state index in [1.807, 2.05) is 38.1 Å². The number of carbonyl (C=O) groups excluding carboxylic acids is 2. The molecule has 0 N–H and O–H groups in total. The number of hydrogen-bond donors (Lipinski definition) is 0. The first kappa shape index (κ1) is 19.6. The van der Waals surface area contributed by atoms with Gasteiger partial charge in [0.15, 0.2) is 5.78 Å². The number of aryl methyl sites for hydroxylation is 2. The van der Waals surface area contributed by atoms with Crippen LogP contribution in [0.4, 0.5) is 0 Å². The molecule has 0 aromatic heterocycles. The molecule has 0 fully saturated rings. The van der Waals surface area contributed by atoms with E-state index in [0.717, 1.165) is 22.3 Å². The Morgan fingerprint density at radius 3 is 2.07 bits per heavy atom. The highest BCUT2D eigenvalue weighted by Crippen LogP contribution is 2.50. The smallest absolute Gasteiger partial charge is 0.323 e. The number of hydrogen-bond acceptors (Lipinski definition) is 3. The van der Waals surface area contributed by atoms with Crippen molar-refractivity contribution < 1.29 is 14.3 Å². The van der Waals surface area contributed by atoms with Crippen LogP contribution in [0.1, 0.15) is 64.2 Å². The molecule has 3 nitrogen and oxygen atoms in total. The first-order valence-corrected chi connectivity index (χ1v) is 9.62. The van der Waals surface area contributed by atoms with Crippen LogP contribution in [0.15, 0.2) is 41.2 Å². The van der Waals surface area contributed by atoms with E-state index in [9.17, 15) is 9.59 Å². The van der Waals surface area contributed by atoms with E-state index in [-0.39, 0.29) is 28.5 Å². The molecule has 2 aliphatic rings. The van der Waals surface area contributed by atoms with Gasteiger partial charge in [0, 0.05) is 5.92 Å². The van der Waals surface area contributed by atoms with Crippen LogP contribution in [0, 0.1) is 30.6 Å². The van der Waals surface area contributed by atoms with Crippen molar-refractivity contribution in [1.82, 2.24) is 0 Å². The number of esters is 1. The summed E-state index contributed by atoms with van der Waals surface area (Å²) >= 11 is 0. The Morgan fingerprint density at radius 2 is 1.56 bits per heavy atom. The van der Waals surface area contributed by atoms with Gasteiger partial charge in [0.25, 0.3) is 0 Å². The van der Waals surface area contributed by atoms with Gasteiger partial charge in [0.1, 0.15) is 11.7 Å². The zero-order chi connectivity index (χ0) is 20.3. The second-order valence-corrected chi connectivity index (χ2v) is 9.98. The Kier molecular flexibility index (Phi) is 4.49. The van der Waals surface area contributed by atoms with Crippen molar-refractivity contribution in [3.63, 3.8) is 0 Å². The number of ether oxygens (including phenoxy) is 1. The van der Waals surface area contributed by atoms with Gasteiger partial charge >= 0.3 is 5.97 Å². The summed E-state index contributed by atoms with van der Waals surface area (Å²) in [4.78, 5) is 26.3. The average Bonchev–Trinajstić information content (AvgIpc) is 2.85. The molecule has 1 aromatic carbocycles. The van der Waals surface area contributed by atoms with E-state index in [2.05, 4.69) is 41.5 Å². The van der Waals surface area contributed by atoms with Crippen molar-refractivity contribution >= 4 is 11.8 Å². The highest BCUT2D eigenvalue weighted by atomic mass is 16.5. The lowest BCUT2D eigenvalue weighted by atomic mass is 9.67. The molecular formula is C24H30O3. The van der Waals surface area contributed by atoms with Gasteiger partial charge in [-0.15, -0.1) is 0 Å². The third-order valence-corrected chi connectivity index (χ3v) is 5.70. The summed E-state index contributed by atoms with van der Waals surface area (Å²) in [5.74, 6) is -0.751. The number of allylic oxidation sites excluding steroid dienone is 2. The monoisotopic (exact) mass is 366 g/mol. The Morgan fingerprint density at radius 1 is 0.926 bits per heavy atom. The lowest BCUT2D eigenvalue weighted by molar-refractivity contribution is -0.138. The maximum Gasteiger partial charge on any atom is 0.323 e. The Hall–Kier alpha value is -2.16. The van der Waals surface area contributed by atoms with Crippen molar-refractivity contribution in [3.8, 4) is 0 Å². The summed E-state index contributed by atoms with van der Waals surface area (Å²) < 4.78 is 5.72. The molecule has 27 heavy (non-hydrogen) atoms. The predicted molar refractivity (Wildman–Crippen MR) is 107 cm³/mol. The fourth-order valence-corrected chi connectivity index (χ4v) is 3.88. The second-order valence-electron chi connectivity index (χ2n) is 9.98. The zero-order valence-electron chi connectivity index (χ0n) is 17.7. The Labute approximate surface area is 162 Å². The molecule has 144 valence electrons. The van der Waals surface area contributed by atoms with Gasteiger partial charge in [-0.25, -0.2) is 0 Å². The van der Waals surface area contributed by atoms with Gasteiger partial charge in [0.05, 0.1) is 5.57 Å². The van der Waals surface area contributed by atoms with Gasteiger partial charge in [-0.2, -0.15) is 0 Å². The van der Waals surface area contributed by atoms with Crippen LogP contribution in [0.5, 0.6) is 0 Å². The molecule has 1 aliphatic carbocycles. The molecule has 0 amide bonds. The molecule has 2 unspecified atom stereocenters. The van der Waals surface area contributed by atoms with Crippen LogP contribution in [0.2, 0.25) is 0 Å². The molecule has 2 atom stereocenters. The normalized spacial score (nSPS) is 23.3. The van der Waals surface area contributed by atoms with Crippen LogP contribution < -0.4 is 0 Å². The fraction of sp³-hybridized carbons (Fsp3) is 0.500. The number of benzene rings is 1. The Bertz CT molecular complexity index is 885. The van der Waals surface area contributed by atoms with Gasteiger partial charge in [-0.05, 0) is 46.9 Å². The first-order chi connectivity index (χ1) is 12.3. The SMILES string of the molecule is Cc1ccc(C2C(=O)OC3=C2C(=O)C(C(C)(C)C)C=C3C(C)(C)C)cc1C. The lowest BCUT2D eigenvalue weighted by Gasteiger charge is -2.35. The first-order valence-electron chi connectivity index (χ1n) is 9.62. The molecule has 1 aliphatic heterocycles. The third kappa shape index (κ3) is 3.28. The topological polar surface area (TPSA) is 43.4 Å². The largest absolute Gasteiger partial charge is 0.425 e. The number of Topliss-reactive ketones (excluding diaryl/α,β-unsaturated/α-hetero) is 1. The molecule has 1 aromatic rings. The van der Waals surface area contributed by atoms with Crippen LogP contribution in [-0.2, 0) is 14.3 Å². The number of ketones is 1. The molecule has 3 rings (SSSR count). The van der Waals surface area contributed by atoms with Crippen molar-refractivity contribution in [2.45, 2.75) is 61.3 Å². The maximum absolute atomic E-state index is 13.5. The van der Waals surface area contributed by atoms with E-state index in [1.165, 1.54) is 0 Å². The van der Waals surface area contributed by atoms with Gasteiger partial charge < -0.3 is 4.74 Å². The summed E-state index contributed by atoms with van der Waals surface area (Å²) in [6, 6.07) is 5.95. The van der Waals surface area contributed by atoms with Gasteiger partial charge in [0.2, 0.25) is 0 Å². The molecule has 0 bridgehead atoms. The lowest BCUT2D eigenvalue weighted by Crippen LogP contribution is -2.34. The van der Waals surface area contributed by atoms with Crippen molar-refractivity contribution in [3.05, 3.63) is 57.9 Å². The van der Waals surface area contributed by atoms with Crippen molar-refractivity contribution in [2.75, 3.05) is 0 Å². The molecule has 0 radical (unpaired) electrons. The number of rotatable bonds is 1. The van der Waals surface area contributed by atoms with Crippen molar-refractivity contribution in [2.24, 2.45) is 16.7 Å². The van der Waals surface area contributed by atoms with Crippen molar-refractivity contribution in [1.29, 1.82) is 0 Å². The highest BCUT2D eigenvalue weighted by molar-refractivity contribution is 6.10. The summed E-state index contributed by atoms with van der Waals surface area (Å²) in [6.07, 6.45) is 2.03. The van der Waals surface area contributed by atoms with Gasteiger partial charge in [-0.1, -0.05) is 65.8 Å². The van der Waals surface area contributed by atoms with E-state index < -0.39 is 5.92 Å². The molecule has 1 heterocycles. The van der Waals surface area contributed by atoms with E-state index >= 15 is 0 Å². The zero-order valence-corrected chi connectivity index (χ0v) is 17.7. The molecular weight excluding hydrogens is 336 g/mol. The molecule has 0 saturated heterocycles. The predicted octanol–water partition coefficient (Wildman–Crippen LogP) is 5.42. The molecule has 3 heteroatoms. The number of carbonyl (C=O) groups is 2. The van der Waals surface area contributed by atoms with E-state index in [0.29, 0.717) is 11.3 Å². The molecule has 0 spiro atoms. The summed E-state index contributed by atoms with van der Waals surface area (Å²) in [7, 11) is 0. The minimum atomic E-state index is -0.636. The molecule has 0 saturated carbocycles. The van der Waals surface area contributed by atoms with Crippen LogP contribution in [0.3, 0.4) is 0 Å². The highest BCUT2D eigenvalue weighted by Gasteiger charge is 2.49. The quantitative estimate of drug-likeness (QED) is 0.624. The summed E-state index contributed by atoms with van der Waals surface area (Å²) in [5, 5.41) is 0. The minimum absolute atomic E-state index is 0.0135. The van der Waals surface area contributed by atoms with Crippen LogP contribution in [-0.4, -0.2) is 11.8 Å². The third-order valence-electron chi connectivity index (χ3n) is 5.70. The minimum Gasteiger partial charge on any atom is -0.425 e. The van der Waals surface area contributed by atoms with Gasteiger partial charge in [-0.3, -0.25) is 9.59 Å². The second kappa shape index (κ2) is 6.19. The fourth-order valence-electron chi connectivity index (χ4n) is 3.88. The van der Waals surface area contributed by atoms with Crippen LogP contribution in [0.25, 0.3) is 0 Å². The standard InChI is InChI=1S/C24H30O3/c1-13-9-10-15(11-14(13)2)18-19-20(25)16(23(3,4)5)12-17(24(6,7)8)21(19)27-22(18)26/h9-12,16,18H,1-8H3. The summed E-state index contributed by atoms with van der Waals surface area (Å²) in [5.41, 5.74) is 4.15. The van der Waals surface area contributed by atoms with Crippen LogP contribution >= 0.6 is 0 Å². The van der Waals surface area contributed by atoms with E-state index in [4.69, 9.17) is 4.74 Å². The van der Waals surface area contributed by atoms with E-state index in [1.54, 1.807) is 0 Å².